The molecule has 6 rings (SSSR count). The van der Waals surface area contributed by atoms with Crippen molar-refractivity contribution in [1.29, 1.82) is 0 Å². The number of hydrogen-bond acceptors (Lipinski definition) is 0. The molecule has 0 fully saturated rings. The van der Waals surface area contributed by atoms with Crippen LogP contribution in [0.5, 0.6) is 0 Å². The number of hydrogen-bond donors (Lipinski definition) is 0. The van der Waals surface area contributed by atoms with Gasteiger partial charge in [0.05, 0.1) is 0 Å². The first-order valence-corrected chi connectivity index (χ1v) is 23.0. The molecule has 0 saturated heterocycles. The van der Waals surface area contributed by atoms with Gasteiger partial charge >= 0.3 is 37.9 Å². The fourth-order valence-corrected chi connectivity index (χ4v) is 5.51. The molecule has 6 aromatic rings. The van der Waals surface area contributed by atoms with Crippen LogP contribution in [0.15, 0.2) is 103 Å². The summed E-state index contributed by atoms with van der Waals surface area (Å²) >= 11 is -0.826. The molecule has 0 spiro atoms. The van der Waals surface area contributed by atoms with Gasteiger partial charge < -0.3 is 0 Å². The Kier molecular flexibility index (Phi) is 14.2. The van der Waals surface area contributed by atoms with Crippen LogP contribution >= 0.6 is 17.0 Å². The van der Waals surface area contributed by atoms with Gasteiger partial charge in [0.25, 0.3) is 0 Å². The van der Waals surface area contributed by atoms with E-state index in [1.54, 1.807) is 0 Å². The standard InChI is InChI=1S/C19H19.C18H17.C2H6Si.2ClH.Zr/c1-12-10-17-13(2)8-9-16(18(17)11-12)19-14(3)6-5-7-15(19)4;1-13(2)16-11-15-9-6-10-17(18(15)12-16)14-7-4-3-5-8-14;1-3-2;;;/h5-11H,1-4H3;3-13H,1-2H3;1-2H3;2*1H;/q2*-1;;;;+4/p-2. The van der Waals surface area contributed by atoms with Gasteiger partial charge in [0.2, 0.25) is 0 Å². The molecule has 43 heavy (non-hydrogen) atoms. The predicted molar refractivity (Wildman–Crippen MR) is 192 cm³/mol. The predicted octanol–water partition coefficient (Wildman–Crippen LogP) is 13.0. The van der Waals surface area contributed by atoms with Crippen LogP contribution in [0.1, 0.15) is 47.6 Å². The topological polar surface area (TPSA) is 0 Å². The number of rotatable bonds is 3. The van der Waals surface area contributed by atoms with E-state index in [1.165, 1.54) is 71.6 Å². The number of fused-ring (bicyclic) bond motifs is 2. The summed E-state index contributed by atoms with van der Waals surface area (Å²) in [4.78, 5) is 0. The zero-order valence-electron chi connectivity index (χ0n) is 26.6. The minimum absolute atomic E-state index is 0.584. The van der Waals surface area contributed by atoms with Crippen molar-refractivity contribution < 1.29 is 20.8 Å². The molecule has 0 aliphatic carbocycles. The molecule has 0 nitrogen and oxygen atoms in total. The van der Waals surface area contributed by atoms with Crippen molar-refractivity contribution in [2.75, 3.05) is 0 Å². The summed E-state index contributed by atoms with van der Waals surface area (Å²) in [5.74, 6) is 0.584. The second-order valence-corrected chi connectivity index (χ2v) is 16.0. The van der Waals surface area contributed by atoms with Crippen LogP contribution in [-0.4, -0.2) is 9.52 Å². The summed E-state index contributed by atoms with van der Waals surface area (Å²) in [6.07, 6.45) is 0. The van der Waals surface area contributed by atoms with Crippen molar-refractivity contribution >= 4 is 48.1 Å². The summed E-state index contributed by atoms with van der Waals surface area (Å²) in [6, 6.07) is 37.5. The van der Waals surface area contributed by atoms with Gasteiger partial charge in [0, 0.05) is 9.52 Å². The normalized spacial score (nSPS) is 10.3. The van der Waals surface area contributed by atoms with Gasteiger partial charge in [-0.1, -0.05) is 113 Å². The number of aryl methyl sites for hydroxylation is 4. The molecule has 0 atom stereocenters. The van der Waals surface area contributed by atoms with Gasteiger partial charge in [0.15, 0.2) is 0 Å². The molecular formula is C39H42Cl2SiZr. The van der Waals surface area contributed by atoms with Crippen LogP contribution < -0.4 is 0 Å². The van der Waals surface area contributed by atoms with E-state index in [2.05, 4.69) is 158 Å². The first-order chi connectivity index (χ1) is 20.7. The van der Waals surface area contributed by atoms with Crippen molar-refractivity contribution in [3.05, 3.63) is 131 Å². The van der Waals surface area contributed by atoms with Crippen LogP contribution in [0.25, 0.3) is 43.8 Å². The summed E-state index contributed by atoms with van der Waals surface area (Å²) in [7, 11) is 11.0. The molecule has 0 aliphatic rings. The molecule has 220 valence electrons. The van der Waals surface area contributed by atoms with Crippen molar-refractivity contribution in [2.24, 2.45) is 0 Å². The average Bonchev–Trinajstić information content (AvgIpc) is 3.60. The maximum atomic E-state index is 4.93. The average molecular weight is 701 g/mol. The van der Waals surface area contributed by atoms with Crippen molar-refractivity contribution in [2.45, 2.75) is 60.6 Å². The van der Waals surface area contributed by atoms with Crippen LogP contribution in [-0.2, 0) is 20.8 Å². The molecule has 0 N–H and O–H groups in total. The van der Waals surface area contributed by atoms with Gasteiger partial charge in [-0.15, -0.1) is 68.6 Å². The second kappa shape index (κ2) is 17.3. The van der Waals surface area contributed by atoms with Gasteiger partial charge in [0.1, 0.15) is 0 Å². The second-order valence-electron chi connectivity index (χ2n) is 11.2. The Morgan fingerprint density at radius 3 is 1.86 bits per heavy atom. The molecule has 0 aromatic heterocycles. The Morgan fingerprint density at radius 1 is 0.651 bits per heavy atom. The molecule has 0 amide bonds. The summed E-state index contributed by atoms with van der Waals surface area (Å²) in [6.45, 7) is 17.6. The third kappa shape index (κ3) is 9.15. The van der Waals surface area contributed by atoms with Crippen molar-refractivity contribution in [3.8, 4) is 22.3 Å². The Bertz CT molecular complexity index is 1710. The fraction of sp³-hybridized carbons (Fsp3) is 0.231. The van der Waals surface area contributed by atoms with Crippen LogP contribution in [0.2, 0.25) is 13.1 Å². The molecule has 4 heteroatoms. The minimum atomic E-state index is -0.826. The summed E-state index contributed by atoms with van der Waals surface area (Å²) in [5, 5.41) is 5.49. The Balaban J connectivity index is 0.000000200. The molecular weight excluding hydrogens is 659 g/mol. The molecule has 0 bridgehead atoms. The summed E-state index contributed by atoms with van der Waals surface area (Å²) in [5.41, 5.74) is 12.2. The van der Waals surface area contributed by atoms with Gasteiger partial charge in [-0.25, -0.2) is 0 Å². The van der Waals surface area contributed by atoms with Crippen LogP contribution in [0.4, 0.5) is 0 Å². The van der Waals surface area contributed by atoms with Crippen molar-refractivity contribution in [1.82, 2.24) is 0 Å². The molecule has 2 radical (unpaired) electrons. The molecule has 0 heterocycles. The van der Waals surface area contributed by atoms with E-state index >= 15 is 0 Å². The molecule has 0 aliphatic heterocycles. The van der Waals surface area contributed by atoms with Gasteiger partial charge in [-0.2, -0.15) is 12.1 Å². The molecule has 0 unspecified atom stereocenters. The SMILES string of the molecule is CC(C)c1cc2c(-c3ccccc3)cccc2[cH-]1.C[Si]C.Cc1cc2c(-c3c(C)cccc3C)ccc(C)c2[cH-]1.[Cl][Zr+2][Cl]. The number of halogens is 2. The Morgan fingerprint density at radius 2 is 1.26 bits per heavy atom. The first-order valence-electron chi connectivity index (χ1n) is 14.7. The maximum absolute atomic E-state index is 4.93. The van der Waals surface area contributed by atoms with E-state index in [1.807, 2.05) is 0 Å². The third-order valence-corrected chi connectivity index (χ3v) is 7.52. The van der Waals surface area contributed by atoms with E-state index in [9.17, 15) is 0 Å². The van der Waals surface area contributed by atoms with E-state index < -0.39 is 20.8 Å². The van der Waals surface area contributed by atoms with Crippen LogP contribution in [0.3, 0.4) is 0 Å². The molecule has 0 saturated carbocycles. The van der Waals surface area contributed by atoms with Crippen LogP contribution in [0, 0.1) is 27.7 Å². The zero-order valence-corrected chi connectivity index (χ0v) is 31.6. The first kappa shape index (κ1) is 35.3. The van der Waals surface area contributed by atoms with E-state index in [0.717, 1.165) is 9.52 Å². The van der Waals surface area contributed by atoms with E-state index in [4.69, 9.17) is 17.0 Å². The quantitative estimate of drug-likeness (QED) is 0.127. The third-order valence-electron chi connectivity index (χ3n) is 7.52. The van der Waals surface area contributed by atoms with Crippen molar-refractivity contribution in [3.63, 3.8) is 0 Å². The Hall–Kier alpha value is -2.22. The van der Waals surface area contributed by atoms with Gasteiger partial charge in [-0.05, 0) is 42.0 Å². The Labute approximate surface area is 280 Å². The summed E-state index contributed by atoms with van der Waals surface area (Å²) < 4.78 is 0. The van der Waals surface area contributed by atoms with E-state index in [0.29, 0.717) is 5.92 Å². The molecule has 6 aromatic carbocycles. The fourth-order valence-electron chi connectivity index (χ4n) is 5.51. The van der Waals surface area contributed by atoms with E-state index in [-0.39, 0.29) is 0 Å². The monoisotopic (exact) mass is 698 g/mol. The number of benzene rings is 4. The van der Waals surface area contributed by atoms with Gasteiger partial charge in [-0.3, -0.25) is 0 Å². The zero-order chi connectivity index (χ0) is 31.5.